The molecule has 0 saturated carbocycles. The number of carbonyl (C=O) groups excluding carboxylic acids is 3. The average molecular weight is 580 g/mol. The van der Waals surface area contributed by atoms with Crippen molar-refractivity contribution in [2.75, 3.05) is 33.4 Å². The number of nitrogens with one attached hydrogen (secondary N) is 2. The molecule has 0 bridgehead atoms. The van der Waals surface area contributed by atoms with Gasteiger partial charge in [-0.25, -0.2) is 4.79 Å². The molecule has 0 aliphatic carbocycles. The van der Waals surface area contributed by atoms with Crippen molar-refractivity contribution in [2.24, 2.45) is 0 Å². The van der Waals surface area contributed by atoms with E-state index in [9.17, 15) is 19.5 Å². The van der Waals surface area contributed by atoms with Gasteiger partial charge in [0.1, 0.15) is 12.7 Å². The third-order valence-electron chi connectivity index (χ3n) is 7.49. The predicted molar refractivity (Wildman–Crippen MR) is 163 cm³/mol. The number of hydrogen-bond donors (Lipinski definition) is 3. The fourth-order valence-electron chi connectivity index (χ4n) is 4.86. The Balaban J connectivity index is 2.05. The Bertz CT molecular complexity index is 785. The molecule has 1 aliphatic heterocycles. The zero-order valence-corrected chi connectivity index (χ0v) is 26.0. The lowest BCUT2D eigenvalue weighted by molar-refractivity contribution is -0.138. The topological polar surface area (TPSA) is 117 Å². The first-order chi connectivity index (χ1) is 19.9. The Kier molecular flexibility index (Phi) is 21.7. The predicted octanol–water partition coefficient (Wildman–Crippen LogP) is 5.77. The quantitative estimate of drug-likeness (QED) is 0.125. The third-order valence-corrected chi connectivity index (χ3v) is 7.49. The van der Waals surface area contributed by atoms with Gasteiger partial charge in [-0.05, 0) is 12.5 Å². The third kappa shape index (κ3) is 17.9. The van der Waals surface area contributed by atoms with Crippen LogP contribution in [0.2, 0.25) is 0 Å². The molecule has 0 radical (unpaired) electrons. The van der Waals surface area contributed by atoms with Crippen LogP contribution in [0.4, 0.5) is 4.79 Å². The first-order valence-electron chi connectivity index (χ1n) is 15.9. The second-order valence-electron chi connectivity index (χ2n) is 11.0. The van der Waals surface area contributed by atoms with Gasteiger partial charge in [0.2, 0.25) is 5.91 Å². The molecule has 9 heteroatoms. The van der Waals surface area contributed by atoms with E-state index in [1.165, 1.54) is 97.5 Å². The average Bonchev–Trinajstić information content (AvgIpc) is 2.97. The van der Waals surface area contributed by atoms with Crippen molar-refractivity contribution < 1.29 is 29.0 Å². The van der Waals surface area contributed by atoms with Crippen molar-refractivity contribution in [1.82, 2.24) is 15.5 Å². The van der Waals surface area contributed by atoms with Gasteiger partial charge >= 0.3 is 6.09 Å². The number of nitrogens with zero attached hydrogens (tertiary/aromatic N) is 1. The van der Waals surface area contributed by atoms with E-state index in [1.807, 2.05) is 12.2 Å². The number of unbranched alkanes of at least 4 members (excludes halogenated alkanes) is 15. The Labute approximate surface area is 248 Å². The van der Waals surface area contributed by atoms with E-state index in [0.29, 0.717) is 18.8 Å². The molecule has 0 saturated heterocycles. The summed E-state index contributed by atoms with van der Waals surface area (Å²) in [6, 6.07) is 0. The second-order valence-corrected chi connectivity index (χ2v) is 11.0. The lowest BCUT2D eigenvalue weighted by atomic mass is 10.0. The van der Waals surface area contributed by atoms with Gasteiger partial charge in [0, 0.05) is 32.8 Å². The first kappa shape index (κ1) is 36.6. The summed E-state index contributed by atoms with van der Waals surface area (Å²) in [5.74, 6) is -0.665. The lowest BCUT2D eigenvalue weighted by Gasteiger charge is -2.25. The summed E-state index contributed by atoms with van der Waals surface area (Å²) in [6.07, 6.45) is 22.9. The number of methoxy groups -OCH3 is 1. The molecule has 236 valence electrons. The molecule has 0 spiro atoms. The van der Waals surface area contributed by atoms with Gasteiger partial charge in [0.25, 0.3) is 5.91 Å². The van der Waals surface area contributed by atoms with Crippen LogP contribution in [-0.4, -0.2) is 73.5 Å². The van der Waals surface area contributed by atoms with Gasteiger partial charge in [0.05, 0.1) is 6.54 Å². The van der Waals surface area contributed by atoms with Crippen LogP contribution < -0.4 is 10.6 Å². The van der Waals surface area contributed by atoms with Crippen LogP contribution in [0.3, 0.4) is 0 Å². The molecule has 0 aromatic carbocycles. The fourth-order valence-corrected chi connectivity index (χ4v) is 4.86. The van der Waals surface area contributed by atoms with Crippen molar-refractivity contribution in [3.8, 4) is 0 Å². The summed E-state index contributed by atoms with van der Waals surface area (Å²) in [5.41, 5.74) is 0.647. The monoisotopic (exact) mass is 579 g/mol. The summed E-state index contributed by atoms with van der Waals surface area (Å²) in [6.45, 7) is 4.49. The number of aliphatic hydroxyl groups excluding tert-OH is 1. The molecule has 3 amide bonds. The number of aliphatic hydroxyl groups is 1. The minimum Gasteiger partial charge on any atom is -0.447 e. The maximum Gasteiger partial charge on any atom is 0.407 e. The molecular formula is C32H57N3O6. The van der Waals surface area contributed by atoms with Gasteiger partial charge in [0.15, 0.2) is 6.10 Å². The van der Waals surface area contributed by atoms with Crippen LogP contribution in [-0.2, 0) is 19.1 Å². The van der Waals surface area contributed by atoms with Crippen molar-refractivity contribution in [3.63, 3.8) is 0 Å². The molecule has 2 atom stereocenters. The summed E-state index contributed by atoms with van der Waals surface area (Å²) in [4.78, 5) is 37.7. The number of carbonyl (C=O) groups is 3. The van der Waals surface area contributed by atoms with Crippen molar-refractivity contribution >= 4 is 17.9 Å². The molecule has 9 nitrogen and oxygen atoms in total. The largest absolute Gasteiger partial charge is 0.447 e. The number of alkyl carbamates (subject to hydrolysis) is 1. The summed E-state index contributed by atoms with van der Waals surface area (Å²) in [5, 5.41) is 15.7. The molecule has 0 aromatic heterocycles. The minimum atomic E-state index is -1.45. The number of hydrogen-bond acceptors (Lipinski definition) is 6. The Hall–Kier alpha value is -2.39. The van der Waals surface area contributed by atoms with Gasteiger partial charge in [-0.1, -0.05) is 115 Å². The van der Waals surface area contributed by atoms with E-state index in [2.05, 4.69) is 17.6 Å². The Morgan fingerprint density at radius 3 is 1.93 bits per heavy atom. The highest BCUT2D eigenvalue weighted by atomic mass is 16.6. The van der Waals surface area contributed by atoms with E-state index in [1.54, 1.807) is 11.0 Å². The van der Waals surface area contributed by atoms with Gasteiger partial charge in [-0.2, -0.15) is 0 Å². The number of ether oxygens (including phenoxy) is 2. The van der Waals surface area contributed by atoms with E-state index in [4.69, 9.17) is 9.47 Å². The number of amides is 3. The number of rotatable bonds is 24. The van der Waals surface area contributed by atoms with Crippen LogP contribution >= 0.6 is 0 Å². The van der Waals surface area contributed by atoms with E-state index in [-0.39, 0.29) is 19.1 Å². The SMILES string of the molecule is CCCCCCCCCCCCCCCCCCNC(=O)C(O)C(COC(=O)NCC1=CC=CCN1C(C)=O)OC. The van der Waals surface area contributed by atoms with Crippen LogP contribution in [0.15, 0.2) is 23.9 Å². The maximum atomic E-state index is 12.3. The summed E-state index contributed by atoms with van der Waals surface area (Å²) >= 11 is 0. The molecular weight excluding hydrogens is 522 g/mol. The molecule has 0 fully saturated rings. The Morgan fingerprint density at radius 2 is 1.41 bits per heavy atom. The first-order valence-corrected chi connectivity index (χ1v) is 15.9. The smallest absolute Gasteiger partial charge is 0.407 e. The van der Waals surface area contributed by atoms with Gasteiger partial charge < -0.3 is 30.1 Å². The maximum absolute atomic E-state index is 12.3. The van der Waals surface area contributed by atoms with Crippen molar-refractivity contribution in [2.45, 2.75) is 129 Å². The van der Waals surface area contributed by atoms with E-state index >= 15 is 0 Å². The molecule has 2 unspecified atom stereocenters. The molecule has 0 aromatic rings. The lowest BCUT2D eigenvalue weighted by Crippen LogP contribution is -2.46. The van der Waals surface area contributed by atoms with Crippen LogP contribution in [0, 0.1) is 0 Å². The Morgan fingerprint density at radius 1 is 0.878 bits per heavy atom. The molecule has 1 heterocycles. The molecule has 41 heavy (non-hydrogen) atoms. The normalized spacial score (nSPS) is 14.3. The second kappa shape index (κ2) is 24.2. The fraction of sp³-hybridized carbons (Fsp3) is 0.781. The standard InChI is InChI=1S/C32H57N3O6/c1-4-5-6-7-8-9-10-11-12-13-14-15-16-17-18-20-23-33-31(38)30(37)29(40-3)26-41-32(39)34-25-28-22-19-21-24-35(28)27(2)36/h19,21-22,29-30,37H,4-18,20,23-26H2,1-3H3,(H,33,38)(H,34,39). The van der Waals surface area contributed by atoms with Crippen molar-refractivity contribution in [1.29, 1.82) is 0 Å². The van der Waals surface area contributed by atoms with E-state index in [0.717, 1.165) is 19.3 Å². The molecule has 1 aliphatic rings. The zero-order valence-electron chi connectivity index (χ0n) is 26.0. The summed E-state index contributed by atoms with van der Waals surface area (Å²) < 4.78 is 10.3. The molecule has 3 N–H and O–H groups in total. The van der Waals surface area contributed by atoms with E-state index < -0.39 is 24.2 Å². The highest BCUT2D eigenvalue weighted by Gasteiger charge is 2.27. The van der Waals surface area contributed by atoms with Gasteiger partial charge in [-0.3, -0.25) is 9.59 Å². The zero-order chi connectivity index (χ0) is 30.1. The molecule has 1 rings (SSSR count). The van der Waals surface area contributed by atoms with Crippen molar-refractivity contribution in [3.05, 3.63) is 23.9 Å². The highest BCUT2D eigenvalue weighted by molar-refractivity contribution is 5.81. The van der Waals surface area contributed by atoms with Crippen LogP contribution in [0.5, 0.6) is 0 Å². The van der Waals surface area contributed by atoms with Crippen LogP contribution in [0.1, 0.15) is 117 Å². The van der Waals surface area contributed by atoms with Crippen LogP contribution in [0.25, 0.3) is 0 Å². The summed E-state index contributed by atoms with van der Waals surface area (Å²) in [7, 11) is 1.35. The number of allylic oxidation sites excluding steroid dienone is 2. The van der Waals surface area contributed by atoms with Gasteiger partial charge in [-0.15, -0.1) is 0 Å². The highest BCUT2D eigenvalue weighted by Crippen LogP contribution is 2.14. The minimum absolute atomic E-state index is 0.114.